The molecule has 25 heavy (non-hydrogen) atoms. The van der Waals surface area contributed by atoms with Gasteiger partial charge in [-0.15, -0.1) is 11.3 Å². The normalized spacial score (nSPS) is 15.4. The lowest BCUT2D eigenvalue weighted by atomic mass is 9.99. The van der Waals surface area contributed by atoms with Crippen LogP contribution in [0.15, 0.2) is 70.3 Å². The molecule has 1 saturated carbocycles. The number of pyridine rings is 1. The lowest BCUT2D eigenvalue weighted by Gasteiger charge is -2.13. The van der Waals surface area contributed by atoms with Crippen molar-refractivity contribution in [2.24, 2.45) is 10.1 Å². The predicted molar refractivity (Wildman–Crippen MR) is 103 cm³/mol. The zero-order valence-corrected chi connectivity index (χ0v) is 14.8. The van der Waals surface area contributed by atoms with Crippen LogP contribution >= 0.6 is 11.3 Å². The lowest BCUT2D eigenvalue weighted by Crippen LogP contribution is -2.15. The molecule has 0 saturated heterocycles. The minimum Gasteiger partial charge on any atom is -0.262 e. The zero-order valence-electron chi connectivity index (χ0n) is 14.0. The zero-order chi connectivity index (χ0) is 16.9. The summed E-state index contributed by atoms with van der Waals surface area (Å²) in [7, 11) is 0. The van der Waals surface area contributed by atoms with Crippen molar-refractivity contribution in [3.63, 3.8) is 0 Å². The van der Waals surface area contributed by atoms with Gasteiger partial charge in [-0.05, 0) is 37.8 Å². The molecule has 0 atom stereocenters. The maximum absolute atomic E-state index is 4.98. The Bertz CT molecular complexity index is 915. The summed E-state index contributed by atoms with van der Waals surface area (Å²) < 4.78 is 2.01. The van der Waals surface area contributed by atoms with E-state index in [1.807, 2.05) is 22.9 Å². The van der Waals surface area contributed by atoms with Crippen LogP contribution in [0, 0.1) is 0 Å². The molecule has 2 aromatic heterocycles. The van der Waals surface area contributed by atoms with E-state index in [9.17, 15) is 0 Å². The number of nitrogens with zero attached hydrogens (tertiary/aromatic N) is 4. The van der Waals surface area contributed by atoms with Crippen LogP contribution in [0.25, 0.3) is 11.3 Å². The molecule has 0 spiro atoms. The molecular weight excluding hydrogens is 328 g/mol. The number of rotatable bonds is 3. The molecular formula is C20H20N4S. The van der Waals surface area contributed by atoms with Crippen molar-refractivity contribution in [1.82, 2.24) is 9.66 Å². The number of hydrogen-bond donors (Lipinski definition) is 0. The van der Waals surface area contributed by atoms with E-state index in [1.54, 1.807) is 23.7 Å². The second-order valence-corrected chi connectivity index (χ2v) is 6.97. The Kier molecular flexibility index (Phi) is 4.84. The van der Waals surface area contributed by atoms with Gasteiger partial charge in [-0.25, -0.2) is 9.67 Å². The quantitative estimate of drug-likeness (QED) is 0.656. The standard InChI is InChI=1S/C20H20N4S/c1-3-8-16(9-4-1)19-15-25-20(22-18-12-7-13-21-14-18)24(19)23-17-10-5-2-6-11-17/h1,3-4,7-9,12-15H,2,5-6,10-11H2. The number of benzene rings is 1. The summed E-state index contributed by atoms with van der Waals surface area (Å²) in [6.45, 7) is 0. The molecule has 0 aliphatic heterocycles. The first-order valence-corrected chi connectivity index (χ1v) is 9.55. The van der Waals surface area contributed by atoms with Gasteiger partial charge in [0.2, 0.25) is 4.80 Å². The fraction of sp³-hybridized carbons (Fsp3) is 0.250. The van der Waals surface area contributed by atoms with Gasteiger partial charge in [0.15, 0.2) is 0 Å². The molecule has 126 valence electrons. The number of thiazole rings is 1. The van der Waals surface area contributed by atoms with Gasteiger partial charge in [0.05, 0.1) is 17.6 Å². The molecule has 4 nitrogen and oxygen atoms in total. The monoisotopic (exact) mass is 348 g/mol. The summed E-state index contributed by atoms with van der Waals surface area (Å²) in [5.41, 5.74) is 4.37. The van der Waals surface area contributed by atoms with Gasteiger partial charge in [0.1, 0.15) is 0 Å². The first kappa shape index (κ1) is 16.0. The van der Waals surface area contributed by atoms with Gasteiger partial charge in [-0.2, -0.15) is 5.10 Å². The molecule has 0 unspecified atom stereocenters. The van der Waals surface area contributed by atoms with Gasteiger partial charge in [0.25, 0.3) is 0 Å². The van der Waals surface area contributed by atoms with E-state index < -0.39 is 0 Å². The molecule has 2 heterocycles. The molecule has 0 bridgehead atoms. The van der Waals surface area contributed by atoms with Crippen LogP contribution in [-0.4, -0.2) is 15.4 Å². The summed E-state index contributed by atoms with van der Waals surface area (Å²) in [6, 6.07) is 14.3. The van der Waals surface area contributed by atoms with Gasteiger partial charge >= 0.3 is 0 Å². The fourth-order valence-electron chi connectivity index (χ4n) is 3.01. The first-order valence-electron chi connectivity index (χ1n) is 8.67. The van der Waals surface area contributed by atoms with Crippen molar-refractivity contribution in [3.05, 3.63) is 65.0 Å². The highest BCUT2D eigenvalue weighted by molar-refractivity contribution is 7.07. The Hall–Kier alpha value is -2.53. The van der Waals surface area contributed by atoms with Gasteiger partial charge in [0, 0.05) is 22.9 Å². The van der Waals surface area contributed by atoms with E-state index in [-0.39, 0.29) is 0 Å². The Morgan fingerprint density at radius 3 is 2.56 bits per heavy atom. The largest absolute Gasteiger partial charge is 0.262 e. The van der Waals surface area contributed by atoms with E-state index in [0.29, 0.717) is 0 Å². The summed E-state index contributed by atoms with van der Waals surface area (Å²) >= 11 is 1.62. The van der Waals surface area contributed by atoms with Crippen LogP contribution in [0.1, 0.15) is 32.1 Å². The number of aromatic nitrogens is 2. The second-order valence-electron chi connectivity index (χ2n) is 6.13. The van der Waals surface area contributed by atoms with Crippen LogP contribution in [0.3, 0.4) is 0 Å². The van der Waals surface area contributed by atoms with Crippen LogP contribution in [0.4, 0.5) is 5.69 Å². The molecule has 1 fully saturated rings. The molecule has 5 heteroatoms. The van der Waals surface area contributed by atoms with E-state index in [4.69, 9.17) is 10.1 Å². The number of hydrogen-bond acceptors (Lipinski definition) is 4. The van der Waals surface area contributed by atoms with Crippen LogP contribution in [0.5, 0.6) is 0 Å². The van der Waals surface area contributed by atoms with E-state index >= 15 is 0 Å². The third-order valence-corrected chi connectivity index (χ3v) is 5.11. The van der Waals surface area contributed by atoms with Crippen LogP contribution < -0.4 is 4.80 Å². The first-order chi connectivity index (χ1) is 12.4. The molecule has 1 aliphatic rings. The Morgan fingerprint density at radius 1 is 0.960 bits per heavy atom. The second kappa shape index (κ2) is 7.57. The molecule has 0 radical (unpaired) electrons. The molecule has 3 aromatic rings. The summed E-state index contributed by atoms with van der Waals surface area (Å²) in [6.07, 6.45) is 9.50. The van der Waals surface area contributed by atoms with Gasteiger partial charge in [-0.1, -0.05) is 36.8 Å². The average molecular weight is 348 g/mol. The highest BCUT2D eigenvalue weighted by atomic mass is 32.1. The smallest absolute Gasteiger partial charge is 0.211 e. The predicted octanol–water partition coefficient (Wildman–Crippen LogP) is 5.01. The van der Waals surface area contributed by atoms with Gasteiger partial charge < -0.3 is 0 Å². The van der Waals surface area contributed by atoms with E-state index in [2.05, 4.69) is 34.6 Å². The van der Waals surface area contributed by atoms with E-state index in [0.717, 1.165) is 34.6 Å². The highest BCUT2D eigenvalue weighted by Gasteiger charge is 2.11. The van der Waals surface area contributed by atoms with Crippen molar-refractivity contribution < 1.29 is 0 Å². The van der Waals surface area contributed by atoms with Crippen molar-refractivity contribution in [2.45, 2.75) is 32.1 Å². The molecule has 4 rings (SSSR count). The molecule has 0 N–H and O–H groups in total. The minimum absolute atomic E-state index is 0.849. The van der Waals surface area contributed by atoms with Crippen LogP contribution in [-0.2, 0) is 0 Å². The summed E-state index contributed by atoms with van der Waals surface area (Å²) in [5, 5.41) is 7.12. The lowest BCUT2D eigenvalue weighted by molar-refractivity contribution is 0.656. The maximum atomic E-state index is 4.98. The van der Waals surface area contributed by atoms with E-state index in [1.165, 1.54) is 25.0 Å². The molecule has 0 amide bonds. The maximum Gasteiger partial charge on any atom is 0.211 e. The fourth-order valence-corrected chi connectivity index (χ4v) is 3.86. The van der Waals surface area contributed by atoms with Crippen molar-refractivity contribution >= 4 is 22.7 Å². The van der Waals surface area contributed by atoms with Crippen molar-refractivity contribution in [3.8, 4) is 11.3 Å². The Morgan fingerprint density at radius 2 is 1.80 bits per heavy atom. The molecule has 1 aliphatic carbocycles. The average Bonchev–Trinajstić information content (AvgIpc) is 3.06. The van der Waals surface area contributed by atoms with Crippen molar-refractivity contribution in [2.75, 3.05) is 0 Å². The third kappa shape index (κ3) is 3.77. The highest BCUT2D eigenvalue weighted by Crippen LogP contribution is 2.22. The van der Waals surface area contributed by atoms with Crippen LogP contribution in [0.2, 0.25) is 0 Å². The Balaban J connectivity index is 1.84. The summed E-state index contributed by atoms with van der Waals surface area (Å²) in [4.78, 5) is 9.80. The van der Waals surface area contributed by atoms with Gasteiger partial charge in [-0.3, -0.25) is 4.98 Å². The SMILES string of the molecule is c1ccc(-c2csc(=Nc3cccnc3)n2N=C2CCCCC2)cc1. The Labute approximate surface area is 151 Å². The summed E-state index contributed by atoms with van der Waals surface area (Å²) in [5.74, 6) is 0. The molecule has 1 aromatic carbocycles. The minimum atomic E-state index is 0.849. The van der Waals surface area contributed by atoms with Crippen molar-refractivity contribution in [1.29, 1.82) is 0 Å². The third-order valence-electron chi connectivity index (χ3n) is 4.30. The topological polar surface area (TPSA) is 42.5 Å².